The molecule has 0 bridgehead atoms. The van der Waals surface area contributed by atoms with E-state index < -0.39 is 30.3 Å². The summed E-state index contributed by atoms with van der Waals surface area (Å²) in [6.07, 6.45) is 8.16. The number of hydrogen-bond donors (Lipinski definition) is 2. The normalized spacial score (nSPS) is 21.1. The quantitative estimate of drug-likeness (QED) is 0.252. The Bertz CT molecular complexity index is 1070. The van der Waals surface area contributed by atoms with Gasteiger partial charge in [-0.05, 0) is 50.3 Å². The number of piperidine rings is 1. The molecule has 2 atom stereocenters. The van der Waals surface area contributed by atoms with Crippen molar-refractivity contribution in [1.29, 1.82) is 5.41 Å². The van der Waals surface area contributed by atoms with Crippen LogP contribution in [0.25, 0.3) is 0 Å². The van der Waals surface area contributed by atoms with Crippen LogP contribution in [0.15, 0.2) is 63.5 Å². The molecule has 1 saturated heterocycles. The van der Waals surface area contributed by atoms with Crippen LogP contribution in [0, 0.1) is 11.3 Å². The monoisotopic (exact) mass is 533 g/mol. The molecule has 2 N–H and O–H groups in total. The first-order chi connectivity index (χ1) is 17.5. The second-order valence-corrected chi connectivity index (χ2v) is 9.77. The van der Waals surface area contributed by atoms with Gasteiger partial charge in [-0.3, -0.25) is 15.2 Å². The fourth-order valence-corrected chi connectivity index (χ4v) is 4.19. The molecule has 1 aliphatic heterocycles. The van der Waals surface area contributed by atoms with Crippen molar-refractivity contribution in [3.8, 4) is 0 Å². The van der Waals surface area contributed by atoms with E-state index in [1.54, 1.807) is 50.4 Å². The maximum atomic E-state index is 14.8. The number of rotatable bonds is 11. The summed E-state index contributed by atoms with van der Waals surface area (Å²) >= 11 is 6.08. The minimum atomic E-state index is -3.02. The van der Waals surface area contributed by atoms with Crippen molar-refractivity contribution in [2.45, 2.75) is 72.3 Å². The summed E-state index contributed by atoms with van der Waals surface area (Å²) in [4.78, 5) is 23.7. The molecule has 0 radical (unpaired) electrons. The van der Waals surface area contributed by atoms with E-state index >= 15 is 0 Å². The SMILES string of the molecule is C\C=C(Cl)/C=N\C(NCC1C(C)CC(F)(F)CN1C(=O)/C(=C/CCC)C(=N)c1ccccn1)=C(\C)CC. The van der Waals surface area contributed by atoms with Gasteiger partial charge in [0.1, 0.15) is 5.82 Å². The minimum absolute atomic E-state index is 0.0692. The molecule has 9 heteroatoms. The third kappa shape index (κ3) is 8.59. The molecule has 202 valence electrons. The van der Waals surface area contributed by atoms with Crippen molar-refractivity contribution in [3.05, 3.63) is 64.2 Å². The van der Waals surface area contributed by atoms with Crippen LogP contribution in [0.2, 0.25) is 0 Å². The van der Waals surface area contributed by atoms with Crippen LogP contribution in [0.3, 0.4) is 0 Å². The molecule has 1 fully saturated rings. The van der Waals surface area contributed by atoms with E-state index in [0.29, 0.717) is 23.0 Å². The van der Waals surface area contributed by atoms with Crippen molar-refractivity contribution in [3.63, 3.8) is 0 Å². The lowest BCUT2D eigenvalue weighted by atomic mass is 9.87. The number of pyridine rings is 1. The molecule has 0 spiro atoms. The van der Waals surface area contributed by atoms with Crippen LogP contribution < -0.4 is 5.32 Å². The molecule has 0 aromatic carbocycles. The Morgan fingerprint density at radius 2 is 2.11 bits per heavy atom. The van der Waals surface area contributed by atoms with Gasteiger partial charge >= 0.3 is 0 Å². The maximum Gasteiger partial charge on any atom is 0.265 e. The lowest BCUT2D eigenvalue weighted by molar-refractivity contribution is -0.148. The summed E-state index contributed by atoms with van der Waals surface area (Å²) in [7, 11) is 0. The Hall–Kier alpha value is -2.87. The Balaban J connectivity index is 2.41. The first-order valence-corrected chi connectivity index (χ1v) is 13.1. The number of carbonyl (C=O) groups is 1. The van der Waals surface area contributed by atoms with E-state index in [9.17, 15) is 13.6 Å². The second kappa shape index (κ2) is 14.2. The van der Waals surface area contributed by atoms with Crippen LogP contribution in [-0.2, 0) is 4.79 Å². The molecule has 6 nitrogen and oxygen atoms in total. The van der Waals surface area contributed by atoms with Gasteiger partial charge in [-0.25, -0.2) is 13.8 Å². The molecular weight excluding hydrogens is 496 g/mol. The zero-order chi connectivity index (χ0) is 27.6. The number of carbonyl (C=O) groups excluding carboxylic acids is 1. The number of alkyl halides is 2. The molecule has 1 aromatic rings. The predicted molar refractivity (Wildman–Crippen MR) is 147 cm³/mol. The summed E-state index contributed by atoms with van der Waals surface area (Å²) in [6.45, 7) is 8.95. The topological polar surface area (TPSA) is 81.4 Å². The molecule has 37 heavy (non-hydrogen) atoms. The third-order valence-corrected chi connectivity index (χ3v) is 6.72. The molecule has 1 aliphatic rings. The van der Waals surface area contributed by atoms with Crippen LogP contribution in [0.4, 0.5) is 8.78 Å². The van der Waals surface area contributed by atoms with E-state index in [1.807, 2.05) is 20.8 Å². The molecule has 1 amide bonds. The fraction of sp³-hybridized carbons (Fsp3) is 0.500. The highest BCUT2D eigenvalue weighted by atomic mass is 35.5. The van der Waals surface area contributed by atoms with Crippen molar-refractivity contribution < 1.29 is 13.6 Å². The van der Waals surface area contributed by atoms with Crippen molar-refractivity contribution >= 4 is 29.4 Å². The smallest absolute Gasteiger partial charge is 0.265 e. The number of unbranched alkanes of at least 4 members (excludes halogenated alkanes) is 1. The molecule has 1 aromatic heterocycles. The highest BCUT2D eigenvalue weighted by Gasteiger charge is 2.46. The zero-order valence-electron chi connectivity index (χ0n) is 22.3. The number of amides is 1. The fourth-order valence-electron chi connectivity index (χ4n) is 4.14. The highest BCUT2D eigenvalue weighted by Crippen LogP contribution is 2.35. The summed E-state index contributed by atoms with van der Waals surface area (Å²) < 4.78 is 29.5. The second-order valence-electron chi connectivity index (χ2n) is 9.33. The number of nitrogens with one attached hydrogen (secondary N) is 2. The van der Waals surface area contributed by atoms with E-state index in [2.05, 4.69) is 15.3 Å². The van der Waals surface area contributed by atoms with Gasteiger partial charge in [0.25, 0.3) is 11.8 Å². The third-order valence-electron chi connectivity index (χ3n) is 6.40. The van der Waals surface area contributed by atoms with E-state index in [1.165, 1.54) is 11.1 Å². The number of likely N-dealkylation sites (tertiary alicyclic amines) is 1. The number of aromatic nitrogens is 1. The Kier molecular flexibility index (Phi) is 11.6. The van der Waals surface area contributed by atoms with Gasteiger partial charge in [0.05, 0.1) is 34.6 Å². The number of hydrogen-bond acceptors (Lipinski definition) is 5. The number of allylic oxidation sites excluding steroid dienone is 4. The summed E-state index contributed by atoms with van der Waals surface area (Å²) in [5.74, 6) is -3.49. The molecular formula is C28H38ClF2N5O. The summed E-state index contributed by atoms with van der Waals surface area (Å²) in [6, 6.07) is 4.56. The predicted octanol–water partition coefficient (Wildman–Crippen LogP) is 6.49. The van der Waals surface area contributed by atoms with E-state index in [-0.39, 0.29) is 24.3 Å². The Labute approximate surface area is 224 Å². The standard InChI is InChI=1S/C28H38ClF2N5O/c1-6-9-12-22(25(32)23-13-10-11-14-33-23)27(37)36-18-28(30,31)15-20(5)24(36)17-35-26(19(4)7-2)34-16-21(29)8-3/h8,10-14,16,20,24,32,35H,6-7,9,15,17-18H2,1-5H3/b21-8+,22-12+,26-19+,32-25?,34-16-. The lowest BCUT2D eigenvalue weighted by Gasteiger charge is -2.44. The van der Waals surface area contributed by atoms with Crippen LogP contribution >= 0.6 is 11.6 Å². The van der Waals surface area contributed by atoms with E-state index in [4.69, 9.17) is 17.0 Å². The number of nitrogens with zero attached hydrogens (tertiary/aromatic N) is 3. The van der Waals surface area contributed by atoms with Gasteiger partial charge in [-0.1, -0.05) is 57.0 Å². The summed E-state index contributed by atoms with van der Waals surface area (Å²) in [5.41, 5.74) is 1.32. The first-order valence-electron chi connectivity index (χ1n) is 12.7. The highest BCUT2D eigenvalue weighted by molar-refractivity contribution is 6.39. The van der Waals surface area contributed by atoms with E-state index in [0.717, 1.165) is 18.4 Å². The largest absolute Gasteiger partial charge is 0.368 e. The average molecular weight is 534 g/mol. The Morgan fingerprint density at radius 1 is 1.38 bits per heavy atom. The zero-order valence-corrected chi connectivity index (χ0v) is 23.1. The van der Waals surface area contributed by atoms with Crippen molar-refractivity contribution in [1.82, 2.24) is 15.2 Å². The number of halogens is 3. The molecule has 0 saturated carbocycles. The van der Waals surface area contributed by atoms with Gasteiger partial charge < -0.3 is 10.2 Å². The first kappa shape index (κ1) is 30.4. The van der Waals surface area contributed by atoms with Crippen LogP contribution in [0.1, 0.15) is 66.0 Å². The van der Waals surface area contributed by atoms with Crippen molar-refractivity contribution in [2.24, 2.45) is 10.9 Å². The van der Waals surface area contributed by atoms with Gasteiger partial charge in [-0.15, -0.1) is 0 Å². The number of aliphatic imine (C=N–C) groups is 1. The molecule has 2 heterocycles. The molecule has 2 rings (SSSR count). The lowest BCUT2D eigenvalue weighted by Crippen LogP contribution is -2.58. The van der Waals surface area contributed by atoms with Gasteiger partial charge in [-0.2, -0.15) is 0 Å². The minimum Gasteiger partial charge on any atom is -0.368 e. The van der Waals surface area contributed by atoms with Gasteiger partial charge in [0.15, 0.2) is 0 Å². The summed E-state index contributed by atoms with van der Waals surface area (Å²) in [5, 5.41) is 12.4. The van der Waals surface area contributed by atoms with Crippen LogP contribution in [-0.4, -0.2) is 52.8 Å². The average Bonchev–Trinajstić information content (AvgIpc) is 2.88. The van der Waals surface area contributed by atoms with Crippen molar-refractivity contribution in [2.75, 3.05) is 13.1 Å². The van der Waals surface area contributed by atoms with Gasteiger partial charge in [0, 0.05) is 25.4 Å². The van der Waals surface area contributed by atoms with Crippen LogP contribution in [0.5, 0.6) is 0 Å². The maximum absolute atomic E-state index is 14.8. The molecule has 0 aliphatic carbocycles. The Morgan fingerprint density at radius 3 is 2.70 bits per heavy atom. The molecule has 2 unspecified atom stereocenters. The van der Waals surface area contributed by atoms with Gasteiger partial charge in [0.2, 0.25) is 0 Å².